The minimum Gasteiger partial charge on any atom is -0.476 e. The fourth-order valence-corrected chi connectivity index (χ4v) is 3.35. The molecule has 25 heavy (non-hydrogen) atoms. The summed E-state index contributed by atoms with van der Waals surface area (Å²) in [6, 6.07) is 3.14. The second kappa shape index (κ2) is 8.27. The molecular formula is C18H27N3O4. The zero-order chi connectivity index (χ0) is 18.4. The van der Waals surface area contributed by atoms with Gasteiger partial charge in [-0.1, -0.05) is 27.2 Å². The van der Waals surface area contributed by atoms with Crippen LogP contribution >= 0.6 is 0 Å². The van der Waals surface area contributed by atoms with E-state index in [1.165, 1.54) is 18.3 Å². The third kappa shape index (κ3) is 5.14. The van der Waals surface area contributed by atoms with E-state index >= 15 is 0 Å². The van der Waals surface area contributed by atoms with Crippen molar-refractivity contribution in [2.45, 2.75) is 58.9 Å². The lowest BCUT2D eigenvalue weighted by Crippen LogP contribution is -2.41. The SMILES string of the molecule is CCC(C)(C)C1CCC(NC(=O)COc2cccnc2[N+](=O)[O-])CC1. The summed E-state index contributed by atoms with van der Waals surface area (Å²) >= 11 is 0. The van der Waals surface area contributed by atoms with Gasteiger partial charge in [0.05, 0.1) is 0 Å². The van der Waals surface area contributed by atoms with Crippen molar-refractivity contribution in [1.82, 2.24) is 10.3 Å². The molecule has 1 heterocycles. The molecule has 7 nitrogen and oxygen atoms in total. The molecule has 1 aliphatic carbocycles. The van der Waals surface area contributed by atoms with Gasteiger partial charge in [0.15, 0.2) is 6.61 Å². The van der Waals surface area contributed by atoms with E-state index in [0.29, 0.717) is 11.3 Å². The van der Waals surface area contributed by atoms with Crippen LogP contribution in [0.5, 0.6) is 5.75 Å². The maximum atomic E-state index is 12.1. The van der Waals surface area contributed by atoms with Crippen LogP contribution in [0.3, 0.4) is 0 Å². The van der Waals surface area contributed by atoms with Crippen LogP contribution < -0.4 is 10.1 Å². The first-order valence-electron chi connectivity index (χ1n) is 8.85. The summed E-state index contributed by atoms with van der Waals surface area (Å²) in [6.45, 7) is 6.60. The van der Waals surface area contributed by atoms with Crippen molar-refractivity contribution in [2.75, 3.05) is 6.61 Å². The molecule has 1 N–H and O–H groups in total. The van der Waals surface area contributed by atoms with Crippen LogP contribution in [0, 0.1) is 21.4 Å². The second-order valence-corrected chi connectivity index (χ2v) is 7.33. The summed E-state index contributed by atoms with van der Waals surface area (Å²) in [5.74, 6) is 0.0740. The Bertz CT molecular complexity index is 610. The molecule has 1 amide bonds. The van der Waals surface area contributed by atoms with Crippen molar-refractivity contribution in [3.05, 3.63) is 28.4 Å². The molecule has 0 saturated heterocycles. The highest BCUT2D eigenvalue weighted by molar-refractivity contribution is 5.78. The molecule has 0 aromatic carbocycles. The molecule has 138 valence electrons. The largest absolute Gasteiger partial charge is 0.476 e. The number of carbonyl (C=O) groups excluding carboxylic acids is 1. The molecule has 2 rings (SSSR count). The van der Waals surface area contributed by atoms with Gasteiger partial charge < -0.3 is 20.2 Å². The van der Waals surface area contributed by atoms with E-state index in [2.05, 4.69) is 31.1 Å². The lowest BCUT2D eigenvalue weighted by Gasteiger charge is -2.39. The molecule has 0 bridgehead atoms. The van der Waals surface area contributed by atoms with Crippen LogP contribution in [0.2, 0.25) is 0 Å². The summed E-state index contributed by atoms with van der Waals surface area (Å²) in [7, 11) is 0. The number of carbonyl (C=O) groups is 1. The first kappa shape index (κ1) is 19.1. The minimum atomic E-state index is -0.621. The van der Waals surface area contributed by atoms with E-state index < -0.39 is 4.92 Å². The molecule has 0 spiro atoms. The number of nitrogens with zero attached hydrogens (tertiary/aromatic N) is 2. The van der Waals surface area contributed by atoms with Gasteiger partial charge in [0.1, 0.15) is 6.20 Å². The van der Waals surface area contributed by atoms with Gasteiger partial charge >= 0.3 is 5.82 Å². The monoisotopic (exact) mass is 349 g/mol. The average Bonchev–Trinajstić information content (AvgIpc) is 2.60. The van der Waals surface area contributed by atoms with E-state index in [1.54, 1.807) is 0 Å². The summed E-state index contributed by atoms with van der Waals surface area (Å²) in [4.78, 5) is 26.0. The average molecular weight is 349 g/mol. The van der Waals surface area contributed by atoms with Crippen molar-refractivity contribution < 1.29 is 14.5 Å². The summed E-state index contributed by atoms with van der Waals surface area (Å²) in [6.07, 6.45) is 6.63. The summed E-state index contributed by atoms with van der Waals surface area (Å²) < 4.78 is 5.28. The first-order chi connectivity index (χ1) is 11.8. The smallest absolute Gasteiger partial charge is 0.406 e. The number of pyridine rings is 1. The van der Waals surface area contributed by atoms with Gasteiger partial charge in [-0.05, 0) is 59.1 Å². The van der Waals surface area contributed by atoms with Gasteiger partial charge in [-0.2, -0.15) is 0 Å². The molecule has 0 radical (unpaired) electrons. The molecule has 0 unspecified atom stereocenters. The van der Waals surface area contributed by atoms with Crippen LogP contribution in [0.15, 0.2) is 18.3 Å². The van der Waals surface area contributed by atoms with Gasteiger partial charge in [0.2, 0.25) is 5.75 Å². The van der Waals surface area contributed by atoms with Crippen molar-refractivity contribution in [3.63, 3.8) is 0 Å². The lowest BCUT2D eigenvalue weighted by atomic mass is 9.69. The Morgan fingerprint density at radius 3 is 2.68 bits per heavy atom. The lowest BCUT2D eigenvalue weighted by molar-refractivity contribution is -0.390. The molecule has 0 atom stereocenters. The van der Waals surface area contributed by atoms with Gasteiger partial charge in [0.25, 0.3) is 5.91 Å². The van der Waals surface area contributed by atoms with Crippen molar-refractivity contribution >= 4 is 11.7 Å². The maximum absolute atomic E-state index is 12.1. The number of aromatic nitrogens is 1. The van der Waals surface area contributed by atoms with E-state index in [9.17, 15) is 14.9 Å². The quantitative estimate of drug-likeness (QED) is 0.601. The third-order valence-electron chi connectivity index (χ3n) is 5.39. The molecule has 1 fully saturated rings. The molecule has 1 saturated carbocycles. The Balaban J connectivity index is 1.80. The van der Waals surface area contributed by atoms with Crippen LogP contribution in [0.1, 0.15) is 52.9 Å². The normalized spacial score (nSPS) is 20.8. The Morgan fingerprint density at radius 1 is 1.40 bits per heavy atom. The summed E-state index contributed by atoms with van der Waals surface area (Å²) in [5, 5.41) is 13.9. The van der Waals surface area contributed by atoms with Crippen molar-refractivity contribution in [2.24, 2.45) is 11.3 Å². The highest BCUT2D eigenvalue weighted by atomic mass is 16.6. The van der Waals surface area contributed by atoms with E-state index in [4.69, 9.17) is 4.74 Å². The Morgan fingerprint density at radius 2 is 2.08 bits per heavy atom. The van der Waals surface area contributed by atoms with Crippen molar-refractivity contribution in [1.29, 1.82) is 0 Å². The molecule has 1 aromatic rings. The Labute approximate surface area is 148 Å². The van der Waals surface area contributed by atoms with Crippen LogP contribution in [-0.2, 0) is 4.79 Å². The number of ether oxygens (including phenoxy) is 1. The fourth-order valence-electron chi connectivity index (χ4n) is 3.35. The zero-order valence-corrected chi connectivity index (χ0v) is 15.2. The number of hydrogen-bond acceptors (Lipinski definition) is 5. The fraction of sp³-hybridized carbons (Fsp3) is 0.667. The number of nitro groups is 1. The number of rotatable bonds is 7. The Hall–Kier alpha value is -2.18. The molecular weight excluding hydrogens is 322 g/mol. The van der Waals surface area contributed by atoms with E-state index in [-0.39, 0.29) is 30.1 Å². The Kier molecular flexibility index (Phi) is 6.33. The number of amides is 1. The molecule has 1 aliphatic rings. The predicted molar refractivity (Wildman–Crippen MR) is 94.3 cm³/mol. The zero-order valence-electron chi connectivity index (χ0n) is 15.2. The first-order valence-corrected chi connectivity index (χ1v) is 8.85. The van der Waals surface area contributed by atoms with E-state index in [0.717, 1.165) is 32.1 Å². The van der Waals surface area contributed by atoms with Crippen LogP contribution in [0.25, 0.3) is 0 Å². The highest BCUT2D eigenvalue weighted by Crippen LogP contribution is 2.40. The molecule has 0 aliphatic heterocycles. The molecule has 1 aromatic heterocycles. The number of nitrogens with one attached hydrogen (secondary N) is 1. The predicted octanol–water partition coefficient (Wildman–Crippen LogP) is 3.48. The van der Waals surface area contributed by atoms with Crippen LogP contribution in [0.4, 0.5) is 5.82 Å². The van der Waals surface area contributed by atoms with Crippen LogP contribution in [-0.4, -0.2) is 28.5 Å². The highest BCUT2D eigenvalue weighted by Gasteiger charge is 2.32. The number of hydrogen-bond donors (Lipinski definition) is 1. The van der Waals surface area contributed by atoms with Gasteiger partial charge in [-0.3, -0.25) is 4.79 Å². The second-order valence-electron chi connectivity index (χ2n) is 7.33. The van der Waals surface area contributed by atoms with Gasteiger partial charge in [0, 0.05) is 6.04 Å². The summed E-state index contributed by atoms with van der Waals surface area (Å²) in [5.41, 5.74) is 0.345. The third-order valence-corrected chi connectivity index (χ3v) is 5.39. The van der Waals surface area contributed by atoms with Gasteiger partial charge in [-0.25, -0.2) is 0 Å². The molecule has 7 heteroatoms. The topological polar surface area (TPSA) is 94.4 Å². The van der Waals surface area contributed by atoms with E-state index in [1.807, 2.05) is 0 Å². The minimum absolute atomic E-state index is 0.0102. The van der Waals surface area contributed by atoms with Crippen molar-refractivity contribution in [3.8, 4) is 5.75 Å². The van der Waals surface area contributed by atoms with Gasteiger partial charge in [-0.15, -0.1) is 0 Å². The standard InChI is InChI=1S/C18H27N3O4/c1-4-18(2,3)13-7-9-14(10-8-13)20-16(22)12-25-15-6-5-11-19-17(15)21(23)24/h5-6,11,13-14H,4,7-10,12H2,1-3H3,(H,20,22). The maximum Gasteiger partial charge on any atom is 0.406 e.